The van der Waals surface area contributed by atoms with Crippen molar-refractivity contribution < 1.29 is 14.3 Å². The number of hydrogen-bond donors (Lipinski definition) is 2. The lowest BCUT2D eigenvalue weighted by molar-refractivity contribution is 0.0387. The van der Waals surface area contributed by atoms with Gasteiger partial charge in [-0.2, -0.15) is 0 Å². The first-order valence-corrected chi connectivity index (χ1v) is 6.30. The average Bonchev–Trinajstić information content (AvgIpc) is 2.48. The lowest BCUT2D eigenvalue weighted by Gasteiger charge is -2.37. The fourth-order valence-corrected chi connectivity index (χ4v) is 2.18. The Labute approximate surface area is 112 Å². The van der Waals surface area contributed by atoms with Gasteiger partial charge in [-0.1, -0.05) is 0 Å². The Kier molecular flexibility index (Phi) is 4.34. The van der Waals surface area contributed by atoms with Crippen molar-refractivity contribution in [3.05, 3.63) is 23.9 Å². The molecular formula is C13H19N3O3. The van der Waals surface area contributed by atoms with Crippen molar-refractivity contribution in [1.82, 2.24) is 10.3 Å². The lowest BCUT2D eigenvalue weighted by atomic mass is 9.90. The summed E-state index contributed by atoms with van der Waals surface area (Å²) in [4.78, 5) is 16.4. The molecule has 0 atom stereocenters. The molecule has 2 rings (SSSR count). The van der Waals surface area contributed by atoms with Crippen LogP contribution in [0.25, 0.3) is 0 Å². The quantitative estimate of drug-likeness (QED) is 0.819. The minimum absolute atomic E-state index is 0.211. The van der Waals surface area contributed by atoms with Crippen molar-refractivity contribution in [2.75, 3.05) is 26.9 Å². The topological polar surface area (TPSA) is 86.5 Å². The summed E-state index contributed by atoms with van der Waals surface area (Å²) in [6.07, 6.45) is 3.03. The predicted octanol–water partition coefficient (Wildman–Crippen LogP) is 0.328. The average molecular weight is 265 g/mol. The fourth-order valence-electron chi connectivity index (χ4n) is 2.18. The molecule has 6 nitrogen and oxygen atoms in total. The highest BCUT2D eigenvalue weighted by Gasteiger charge is 2.33. The molecule has 1 aliphatic rings. The third kappa shape index (κ3) is 3.02. The van der Waals surface area contributed by atoms with Gasteiger partial charge in [-0.15, -0.1) is 0 Å². The van der Waals surface area contributed by atoms with Gasteiger partial charge in [0.15, 0.2) is 0 Å². The molecule has 0 unspecified atom stereocenters. The molecule has 0 radical (unpaired) electrons. The molecule has 0 saturated carbocycles. The largest absolute Gasteiger partial charge is 0.480 e. The highest BCUT2D eigenvalue weighted by molar-refractivity contribution is 5.96. The summed E-state index contributed by atoms with van der Waals surface area (Å²) in [6.45, 7) is 1.62. The van der Waals surface area contributed by atoms with Crippen LogP contribution in [0.2, 0.25) is 0 Å². The molecule has 1 aromatic heterocycles. The van der Waals surface area contributed by atoms with Crippen LogP contribution in [-0.2, 0) is 4.74 Å². The number of amides is 1. The number of aromatic nitrogens is 1. The molecule has 104 valence electrons. The van der Waals surface area contributed by atoms with Crippen LogP contribution in [0.4, 0.5) is 0 Å². The molecule has 1 fully saturated rings. The van der Waals surface area contributed by atoms with E-state index in [4.69, 9.17) is 15.2 Å². The summed E-state index contributed by atoms with van der Waals surface area (Å²) >= 11 is 0. The monoisotopic (exact) mass is 265 g/mol. The summed E-state index contributed by atoms with van der Waals surface area (Å²) in [6, 6.07) is 3.39. The third-order valence-electron chi connectivity index (χ3n) is 3.43. The van der Waals surface area contributed by atoms with E-state index < -0.39 is 5.54 Å². The second-order valence-electron chi connectivity index (χ2n) is 4.61. The number of hydrogen-bond acceptors (Lipinski definition) is 5. The SMILES string of the molecule is COc1ncccc1C(=O)NC1(CN)CCOCC1. The van der Waals surface area contributed by atoms with Gasteiger partial charge in [0.05, 0.1) is 12.6 Å². The van der Waals surface area contributed by atoms with Gasteiger partial charge in [0.1, 0.15) is 5.56 Å². The van der Waals surface area contributed by atoms with E-state index in [2.05, 4.69) is 10.3 Å². The Morgan fingerprint density at radius 2 is 2.32 bits per heavy atom. The zero-order valence-electron chi connectivity index (χ0n) is 11.0. The Bertz CT molecular complexity index is 445. The molecule has 3 N–H and O–H groups in total. The molecule has 0 spiro atoms. The van der Waals surface area contributed by atoms with E-state index in [1.807, 2.05) is 0 Å². The van der Waals surface area contributed by atoms with Crippen LogP contribution < -0.4 is 15.8 Å². The maximum Gasteiger partial charge on any atom is 0.257 e. The second-order valence-corrected chi connectivity index (χ2v) is 4.61. The molecule has 1 saturated heterocycles. The van der Waals surface area contributed by atoms with E-state index in [0.29, 0.717) is 31.2 Å². The first kappa shape index (κ1) is 13.8. The van der Waals surface area contributed by atoms with Crippen LogP contribution in [-0.4, -0.2) is 43.3 Å². The molecule has 0 bridgehead atoms. The van der Waals surface area contributed by atoms with Crippen LogP contribution in [0, 0.1) is 0 Å². The zero-order valence-corrected chi connectivity index (χ0v) is 11.0. The molecule has 1 aromatic rings. The molecule has 1 amide bonds. The number of nitrogens with zero attached hydrogens (tertiary/aromatic N) is 1. The molecule has 1 aliphatic heterocycles. The van der Waals surface area contributed by atoms with E-state index in [0.717, 1.165) is 12.8 Å². The fraction of sp³-hybridized carbons (Fsp3) is 0.538. The number of rotatable bonds is 4. The van der Waals surface area contributed by atoms with Gasteiger partial charge in [-0.25, -0.2) is 4.98 Å². The first-order valence-electron chi connectivity index (χ1n) is 6.30. The van der Waals surface area contributed by atoms with Crippen molar-refractivity contribution in [3.8, 4) is 5.88 Å². The molecule has 6 heteroatoms. The summed E-state index contributed by atoms with van der Waals surface area (Å²) in [5.74, 6) is 0.108. The smallest absolute Gasteiger partial charge is 0.257 e. The Morgan fingerprint density at radius 1 is 1.58 bits per heavy atom. The number of pyridine rings is 1. The number of nitrogens with two attached hydrogens (primary N) is 1. The zero-order chi connectivity index (χ0) is 13.7. The van der Waals surface area contributed by atoms with Gasteiger partial charge in [-0.05, 0) is 25.0 Å². The third-order valence-corrected chi connectivity index (χ3v) is 3.43. The van der Waals surface area contributed by atoms with Crippen LogP contribution in [0.15, 0.2) is 18.3 Å². The highest BCUT2D eigenvalue weighted by atomic mass is 16.5. The minimum Gasteiger partial charge on any atom is -0.480 e. The van der Waals surface area contributed by atoms with Crippen LogP contribution in [0.1, 0.15) is 23.2 Å². The first-order chi connectivity index (χ1) is 9.21. The number of carbonyl (C=O) groups is 1. The lowest BCUT2D eigenvalue weighted by Crippen LogP contribution is -2.56. The highest BCUT2D eigenvalue weighted by Crippen LogP contribution is 2.21. The van der Waals surface area contributed by atoms with Crippen molar-refractivity contribution in [3.63, 3.8) is 0 Å². The maximum absolute atomic E-state index is 12.3. The summed E-state index contributed by atoms with van der Waals surface area (Å²) in [5.41, 5.74) is 5.85. The van der Waals surface area contributed by atoms with Crippen LogP contribution >= 0.6 is 0 Å². The number of methoxy groups -OCH3 is 1. The van der Waals surface area contributed by atoms with Gasteiger partial charge in [-0.3, -0.25) is 4.79 Å². The summed E-state index contributed by atoms with van der Waals surface area (Å²) in [5, 5.41) is 3.01. The second kappa shape index (κ2) is 5.99. The van der Waals surface area contributed by atoms with Crippen molar-refractivity contribution >= 4 is 5.91 Å². The minimum atomic E-state index is -0.393. The van der Waals surface area contributed by atoms with Gasteiger partial charge in [0.2, 0.25) is 5.88 Å². The van der Waals surface area contributed by atoms with E-state index in [9.17, 15) is 4.79 Å². The van der Waals surface area contributed by atoms with E-state index in [1.54, 1.807) is 18.3 Å². The summed E-state index contributed by atoms with van der Waals surface area (Å²) in [7, 11) is 1.49. The normalized spacial score (nSPS) is 17.8. The predicted molar refractivity (Wildman–Crippen MR) is 70.1 cm³/mol. The van der Waals surface area contributed by atoms with Crippen molar-refractivity contribution in [2.45, 2.75) is 18.4 Å². The van der Waals surface area contributed by atoms with Gasteiger partial charge < -0.3 is 20.5 Å². The standard InChI is InChI=1S/C13H19N3O3/c1-18-12-10(3-2-6-15-12)11(17)16-13(9-14)4-7-19-8-5-13/h2-3,6H,4-5,7-9,14H2,1H3,(H,16,17). The molecular weight excluding hydrogens is 246 g/mol. The maximum atomic E-state index is 12.3. The van der Waals surface area contributed by atoms with Crippen molar-refractivity contribution in [1.29, 1.82) is 0 Å². The Hall–Kier alpha value is -1.66. The molecule has 0 aliphatic carbocycles. The van der Waals surface area contributed by atoms with E-state index >= 15 is 0 Å². The van der Waals surface area contributed by atoms with E-state index in [-0.39, 0.29) is 5.91 Å². The molecule has 19 heavy (non-hydrogen) atoms. The van der Waals surface area contributed by atoms with Gasteiger partial charge >= 0.3 is 0 Å². The van der Waals surface area contributed by atoms with Crippen molar-refractivity contribution in [2.24, 2.45) is 5.73 Å². The van der Waals surface area contributed by atoms with Crippen LogP contribution in [0.3, 0.4) is 0 Å². The Balaban J connectivity index is 2.15. The van der Waals surface area contributed by atoms with Gasteiger partial charge in [0, 0.05) is 26.0 Å². The molecule has 2 heterocycles. The number of nitrogens with one attached hydrogen (secondary N) is 1. The van der Waals surface area contributed by atoms with Gasteiger partial charge in [0.25, 0.3) is 5.91 Å². The number of carbonyl (C=O) groups excluding carboxylic acids is 1. The number of ether oxygens (including phenoxy) is 2. The summed E-state index contributed by atoms with van der Waals surface area (Å²) < 4.78 is 10.4. The Morgan fingerprint density at radius 3 is 2.95 bits per heavy atom. The molecule has 0 aromatic carbocycles. The van der Waals surface area contributed by atoms with Crippen LogP contribution in [0.5, 0.6) is 5.88 Å². The van der Waals surface area contributed by atoms with E-state index in [1.165, 1.54) is 7.11 Å².